The van der Waals surface area contributed by atoms with Crippen LogP contribution in [0.4, 0.5) is 8.78 Å². The predicted molar refractivity (Wildman–Crippen MR) is 65.4 cm³/mol. The van der Waals surface area contributed by atoms with E-state index in [-0.39, 0.29) is 5.56 Å². The fourth-order valence-corrected chi connectivity index (χ4v) is 2.47. The maximum atomic E-state index is 12.8. The van der Waals surface area contributed by atoms with Crippen LogP contribution in [0.15, 0.2) is 18.2 Å². The minimum atomic E-state index is -2.36. The van der Waals surface area contributed by atoms with E-state index in [1.807, 2.05) is 12.1 Å². The molecule has 3 heteroatoms. The summed E-state index contributed by atoms with van der Waals surface area (Å²) >= 11 is 0. The van der Waals surface area contributed by atoms with Gasteiger partial charge in [0.1, 0.15) is 0 Å². The highest BCUT2D eigenvalue weighted by molar-refractivity contribution is 5.32. The summed E-state index contributed by atoms with van der Waals surface area (Å²) in [5.74, 6) is 0.643. The summed E-state index contributed by atoms with van der Waals surface area (Å²) in [5, 5.41) is 3.32. The summed E-state index contributed by atoms with van der Waals surface area (Å²) in [4.78, 5) is 0. The second kappa shape index (κ2) is 5.58. The average Bonchev–Trinajstić information content (AvgIpc) is 2.32. The molecule has 0 bridgehead atoms. The lowest BCUT2D eigenvalue weighted by atomic mass is 9.90. The Labute approximate surface area is 101 Å². The number of hydrogen-bond acceptors (Lipinski definition) is 1. The van der Waals surface area contributed by atoms with Crippen LogP contribution in [0.1, 0.15) is 36.0 Å². The van der Waals surface area contributed by atoms with E-state index in [2.05, 4.69) is 5.32 Å². The van der Waals surface area contributed by atoms with Gasteiger partial charge in [-0.3, -0.25) is 0 Å². The van der Waals surface area contributed by atoms with Crippen LogP contribution in [0.5, 0.6) is 0 Å². The summed E-state index contributed by atoms with van der Waals surface area (Å²) < 4.78 is 25.6. The number of benzene rings is 1. The molecular weight excluding hydrogens is 220 g/mol. The Morgan fingerprint density at radius 1 is 1.29 bits per heavy atom. The summed E-state index contributed by atoms with van der Waals surface area (Å²) in [7, 11) is 0. The molecule has 1 aromatic carbocycles. The van der Waals surface area contributed by atoms with Gasteiger partial charge in [-0.2, -0.15) is 0 Å². The molecule has 0 saturated carbocycles. The molecule has 1 aliphatic heterocycles. The molecule has 1 aromatic rings. The first-order valence-corrected chi connectivity index (χ1v) is 6.25. The molecule has 1 saturated heterocycles. The number of halogens is 2. The first-order valence-electron chi connectivity index (χ1n) is 6.25. The normalized spacial score (nSPS) is 17.6. The number of aryl methyl sites for hydroxylation is 1. The molecule has 0 unspecified atom stereocenters. The fourth-order valence-electron chi connectivity index (χ4n) is 2.47. The lowest BCUT2D eigenvalue weighted by Crippen LogP contribution is -2.28. The van der Waals surface area contributed by atoms with E-state index in [0.29, 0.717) is 11.5 Å². The van der Waals surface area contributed by atoms with Crippen LogP contribution in [0.25, 0.3) is 0 Å². The van der Waals surface area contributed by atoms with Crippen LogP contribution in [-0.4, -0.2) is 13.1 Å². The van der Waals surface area contributed by atoms with Crippen LogP contribution < -0.4 is 5.32 Å². The van der Waals surface area contributed by atoms with Crippen molar-refractivity contribution in [2.75, 3.05) is 13.1 Å². The van der Waals surface area contributed by atoms with Gasteiger partial charge in [0.05, 0.1) is 0 Å². The molecular formula is C14H19F2N. The van der Waals surface area contributed by atoms with Gasteiger partial charge in [0.2, 0.25) is 0 Å². The largest absolute Gasteiger partial charge is 0.317 e. The Bertz CT molecular complexity index is 370. The van der Waals surface area contributed by atoms with Crippen molar-refractivity contribution in [3.8, 4) is 0 Å². The van der Waals surface area contributed by atoms with Crippen LogP contribution in [0, 0.1) is 12.8 Å². The monoisotopic (exact) mass is 239 g/mol. The van der Waals surface area contributed by atoms with Gasteiger partial charge >= 0.3 is 0 Å². The predicted octanol–water partition coefficient (Wildman–Crippen LogP) is 3.47. The number of piperidine rings is 1. The van der Waals surface area contributed by atoms with Gasteiger partial charge in [-0.1, -0.05) is 12.1 Å². The van der Waals surface area contributed by atoms with Crippen LogP contribution >= 0.6 is 0 Å². The van der Waals surface area contributed by atoms with Crippen molar-refractivity contribution in [3.63, 3.8) is 0 Å². The average molecular weight is 239 g/mol. The maximum Gasteiger partial charge on any atom is 0.264 e. The molecule has 0 radical (unpaired) electrons. The molecule has 0 atom stereocenters. The molecule has 2 rings (SSSR count). The van der Waals surface area contributed by atoms with Gasteiger partial charge in [0.15, 0.2) is 0 Å². The molecule has 0 spiro atoms. The lowest BCUT2D eigenvalue weighted by molar-refractivity contribution is 0.150. The topological polar surface area (TPSA) is 12.0 Å². The zero-order chi connectivity index (χ0) is 12.3. The smallest absolute Gasteiger partial charge is 0.264 e. The lowest BCUT2D eigenvalue weighted by Gasteiger charge is -2.22. The molecule has 0 amide bonds. The van der Waals surface area contributed by atoms with E-state index in [1.54, 1.807) is 13.0 Å². The van der Waals surface area contributed by atoms with Gasteiger partial charge in [-0.05, 0) is 62.4 Å². The molecule has 94 valence electrons. The number of alkyl halides is 2. The highest BCUT2D eigenvalue weighted by Gasteiger charge is 2.16. The summed E-state index contributed by atoms with van der Waals surface area (Å²) in [6.07, 6.45) is 0.875. The minimum Gasteiger partial charge on any atom is -0.317 e. The van der Waals surface area contributed by atoms with Crippen molar-refractivity contribution in [2.24, 2.45) is 5.92 Å². The van der Waals surface area contributed by atoms with Gasteiger partial charge in [0.25, 0.3) is 6.43 Å². The van der Waals surface area contributed by atoms with Gasteiger partial charge in [-0.15, -0.1) is 0 Å². The van der Waals surface area contributed by atoms with Crippen molar-refractivity contribution >= 4 is 0 Å². The molecule has 17 heavy (non-hydrogen) atoms. The SMILES string of the molecule is Cc1ccc(CC2CCNCC2)cc1C(F)F. The number of rotatable bonds is 3. The second-order valence-corrected chi connectivity index (χ2v) is 4.89. The van der Waals surface area contributed by atoms with E-state index in [4.69, 9.17) is 0 Å². The highest BCUT2D eigenvalue weighted by atomic mass is 19.3. The van der Waals surface area contributed by atoms with Crippen molar-refractivity contribution in [1.82, 2.24) is 5.32 Å². The van der Waals surface area contributed by atoms with Gasteiger partial charge in [-0.25, -0.2) is 8.78 Å². The van der Waals surface area contributed by atoms with Crippen molar-refractivity contribution in [2.45, 2.75) is 32.6 Å². The Morgan fingerprint density at radius 2 is 2.00 bits per heavy atom. The maximum absolute atomic E-state index is 12.8. The molecule has 1 N–H and O–H groups in total. The van der Waals surface area contributed by atoms with Crippen molar-refractivity contribution < 1.29 is 8.78 Å². The van der Waals surface area contributed by atoms with E-state index in [0.717, 1.165) is 37.9 Å². The van der Waals surface area contributed by atoms with Crippen LogP contribution in [0.2, 0.25) is 0 Å². The van der Waals surface area contributed by atoms with E-state index < -0.39 is 6.43 Å². The van der Waals surface area contributed by atoms with Gasteiger partial charge in [0, 0.05) is 5.56 Å². The van der Waals surface area contributed by atoms with Gasteiger partial charge < -0.3 is 5.32 Å². The quantitative estimate of drug-likeness (QED) is 0.851. The van der Waals surface area contributed by atoms with Crippen molar-refractivity contribution in [3.05, 3.63) is 34.9 Å². The Morgan fingerprint density at radius 3 is 2.65 bits per heavy atom. The van der Waals surface area contributed by atoms with Crippen molar-refractivity contribution in [1.29, 1.82) is 0 Å². The number of hydrogen-bond donors (Lipinski definition) is 1. The third-order valence-corrected chi connectivity index (χ3v) is 3.56. The van der Waals surface area contributed by atoms with Crippen LogP contribution in [-0.2, 0) is 6.42 Å². The number of nitrogens with one attached hydrogen (secondary N) is 1. The zero-order valence-corrected chi connectivity index (χ0v) is 10.2. The molecule has 1 fully saturated rings. The molecule has 1 aliphatic rings. The third-order valence-electron chi connectivity index (χ3n) is 3.56. The van der Waals surface area contributed by atoms with Crippen LogP contribution in [0.3, 0.4) is 0 Å². The standard InChI is InChI=1S/C14H19F2N/c1-10-2-3-12(9-13(10)14(15)16)8-11-4-6-17-7-5-11/h2-3,9,11,14,17H,4-8H2,1H3. The molecule has 1 nitrogen and oxygen atoms in total. The van der Waals surface area contributed by atoms with E-state index in [9.17, 15) is 8.78 Å². The third kappa shape index (κ3) is 3.25. The Balaban J connectivity index is 2.07. The Hall–Kier alpha value is -0.960. The zero-order valence-electron chi connectivity index (χ0n) is 10.2. The molecule has 0 aromatic heterocycles. The molecule has 1 heterocycles. The summed E-state index contributed by atoms with van der Waals surface area (Å²) in [6.45, 7) is 3.85. The Kier molecular flexibility index (Phi) is 4.11. The first kappa shape index (κ1) is 12.5. The highest BCUT2D eigenvalue weighted by Crippen LogP contribution is 2.26. The van der Waals surface area contributed by atoms with E-state index in [1.165, 1.54) is 0 Å². The minimum absolute atomic E-state index is 0.191. The molecule has 0 aliphatic carbocycles. The fraction of sp³-hybridized carbons (Fsp3) is 0.571. The summed E-state index contributed by atoms with van der Waals surface area (Å²) in [5.41, 5.74) is 1.93. The second-order valence-electron chi connectivity index (χ2n) is 4.89. The first-order chi connectivity index (χ1) is 8.16. The van der Waals surface area contributed by atoms with E-state index >= 15 is 0 Å². The summed E-state index contributed by atoms with van der Waals surface area (Å²) in [6, 6.07) is 5.49.